The summed E-state index contributed by atoms with van der Waals surface area (Å²) in [5.74, 6) is 0.501. The molecule has 0 saturated carbocycles. The van der Waals surface area contributed by atoms with Gasteiger partial charge in [0.25, 0.3) is 11.9 Å². The van der Waals surface area contributed by atoms with Crippen molar-refractivity contribution in [2.75, 3.05) is 11.9 Å². The number of hydrogen-bond donors (Lipinski definition) is 1. The molecule has 7 nitrogen and oxygen atoms in total. The van der Waals surface area contributed by atoms with Gasteiger partial charge in [0.05, 0.1) is 17.2 Å². The van der Waals surface area contributed by atoms with E-state index in [1.54, 1.807) is 0 Å². The molecule has 0 aliphatic carbocycles. The summed E-state index contributed by atoms with van der Waals surface area (Å²) in [5, 5.41) is 14.3. The maximum Gasteiger partial charge on any atom is 0.423 e. The minimum atomic E-state index is -0.515. The Bertz CT molecular complexity index is 972. The van der Waals surface area contributed by atoms with E-state index in [1.165, 1.54) is 74.1 Å². The zero-order chi connectivity index (χ0) is 23.6. The molecule has 2 aromatic carbocycles. The molecule has 0 spiro atoms. The van der Waals surface area contributed by atoms with Crippen LogP contribution in [-0.2, 0) is 0 Å². The van der Waals surface area contributed by atoms with E-state index in [-0.39, 0.29) is 11.6 Å². The molecule has 3 rings (SSSR count). The second-order valence-corrected chi connectivity index (χ2v) is 8.55. The second-order valence-electron chi connectivity index (χ2n) is 8.55. The lowest BCUT2D eigenvalue weighted by molar-refractivity contribution is -0.464. The van der Waals surface area contributed by atoms with Gasteiger partial charge in [-0.15, -0.1) is 4.58 Å². The summed E-state index contributed by atoms with van der Waals surface area (Å²) in [6.45, 7) is 6.81. The van der Waals surface area contributed by atoms with Crippen molar-refractivity contribution in [1.29, 1.82) is 0 Å². The van der Waals surface area contributed by atoms with E-state index in [0.717, 1.165) is 17.7 Å². The van der Waals surface area contributed by atoms with Crippen molar-refractivity contribution in [2.45, 2.75) is 70.9 Å². The predicted octanol–water partition coefficient (Wildman–Crippen LogP) is 6.48. The molecule has 0 aromatic heterocycles. The fourth-order valence-corrected chi connectivity index (χ4v) is 4.06. The van der Waals surface area contributed by atoms with Crippen LogP contribution in [0.15, 0.2) is 42.5 Å². The summed E-state index contributed by atoms with van der Waals surface area (Å²) in [5.41, 5.74) is 1.56. The summed E-state index contributed by atoms with van der Waals surface area (Å²) in [6, 6.07) is 11.7. The molecule has 33 heavy (non-hydrogen) atoms. The number of anilines is 1. The van der Waals surface area contributed by atoms with Crippen LogP contribution in [0.1, 0.15) is 86.8 Å². The Labute approximate surface area is 195 Å². The minimum absolute atomic E-state index is 0.0643. The summed E-state index contributed by atoms with van der Waals surface area (Å²) in [6.07, 6.45) is 11.0. The molecule has 0 saturated heterocycles. The number of nitro groups is 1. The molecule has 176 valence electrons. The lowest BCUT2D eigenvalue weighted by atomic mass is 10.0. The van der Waals surface area contributed by atoms with Crippen molar-refractivity contribution in [2.24, 2.45) is 0 Å². The fraction of sp³-hybridized carbons (Fsp3) is 0.462. The molecule has 1 N–H and O–H groups in total. The third kappa shape index (κ3) is 6.63. The molecule has 1 amide bonds. The average Bonchev–Trinajstić information content (AvgIpc) is 2.82. The summed E-state index contributed by atoms with van der Waals surface area (Å²) in [4.78, 5) is 23.3. The highest BCUT2D eigenvalue weighted by molar-refractivity contribution is 5.97. The first-order valence-electron chi connectivity index (χ1n) is 11.9. The first kappa shape index (κ1) is 24.4. The van der Waals surface area contributed by atoms with Crippen molar-refractivity contribution < 1.29 is 19.0 Å². The van der Waals surface area contributed by atoms with Crippen molar-refractivity contribution in [3.05, 3.63) is 63.7 Å². The Morgan fingerprint density at radius 3 is 2.27 bits per heavy atom. The number of hydrogen-bond acceptors (Lipinski definition) is 5. The molecule has 2 aromatic rings. The minimum Gasteiger partial charge on any atom is -0.494 e. The number of fused-ring (bicyclic) bond motifs is 1. The number of unbranched alkanes of at least 4 members (excludes halogenated alkanes) is 8. The zero-order valence-corrected chi connectivity index (χ0v) is 19.4. The van der Waals surface area contributed by atoms with Crippen LogP contribution >= 0.6 is 0 Å². The van der Waals surface area contributed by atoms with Crippen molar-refractivity contribution in [3.8, 4) is 5.75 Å². The Morgan fingerprint density at radius 2 is 1.64 bits per heavy atom. The third-order valence-electron chi connectivity index (χ3n) is 6.02. The van der Waals surface area contributed by atoms with Crippen LogP contribution in [0.4, 0.5) is 11.4 Å². The van der Waals surface area contributed by atoms with Crippen molar-refractivity contribution in [3.63, 3.8) is 0 Å². The highest BCUT2D eigenvalue weighted by atomic mass is 16.6. The van der Waals surface area contributed by atoms with Gasteiger partial charge < -0.3 is 10.1 Å². The van der Waals surface area contributed by atoms with Crippen LogP contribution in [0, 0.1) is 10.1 Å². The van der Waals surface area contributed by atoms with Crippen LogP contribution in [-0.4, -0.2) is 28.7 Å². The molecule has 1 aliphatic rings. The van der Waals surface area contributed by atoms with Gasteiger partial charge in [-0.25, -0.2) is 4.79 Å². The van der Waals surface area contributed by atoms with Crippen LogP contribution in [0.3, 0.4) is 0 Å². The van der Waals surface area contributed by atoms with Gasteiger partial charge >= 0.3 is 5.91 Å². The number of nitrogens with one attached hydrogen (secondary N) is 1. The Kier molecular flexibility index (Phi) is 8.98. The first-order valence-corrected chi connectivity index (χ1v) is 11.9. The largest absolute Gasteiger partial charge is 0.494 e. The van der Waals surface area contributed by atoms with Gasteiger partial charge in [0, 0.05) is 17.7 Å². The molecule has 1 heterocycles. The lowest BCUT2D eigenvalue weighted by Crippen LogP contribution is -2.35. The molecular formula is C26H34N3O4+. The quantitative estimate of drug-likeness (QED) is 0.163. The van der Waals surface area contributed by atoms with Crippen molar-refractivity contribution in [1.82, 2.24) is 0 Å². The zero-order valence-electron chi connectivity index (χ0n) is 19.4. The summed E-state index contributed by atoms with van der Waals surface area (Å²) < 4.78 is 7.22. The Morgan fingerprint density at radius 1 is 1.00 bits per heavy atom. The maximum absolute atomic E-state index is 12.7. The van der Waals surface area contributed by atoms with E-state index in [0.29, 0.717) is 17.9 Å². The number of carbonyl (C=O) groups excluding carboxylic acids is 1. The van der Waals surface area contributed by atoms with Gasteiger partial charge in [0.15, 0.2) is 0 Å². The topological polar surface area (TPSA) is 84.5 Å². The number of non-ortho nitro benzene ring substituents is 1. The normalized spacial score (nSPS) is 15.1. The van der Waals surface area contributed by atoms with Gasteiger partial charge in [-0.05, 0) is 36.8 Å². The number of carbonyl (C=O) groups is 1. The smallest absolute Gasteiger partial charge is 0.423 e. The van der Waals surface area contributed by atoms with E-state index in [1.807, 2.05) is 24.3 Å². The highest BCUT2D eigenvalue weighted by Gasteiger charge is 2.37. The van der Waals surface area contributed by atoms with E-state index < -0.39 is 11.1 Å². The van der Waals surface area contributed by atoms with E-state index in [2.05, 4.69) is 19.0 Å². The van der Waals surface area contributed by atoms with Crippen LogP contribution in [0.2, 0.25) is 0 Å². The molecule has 0 fully saturated rings. The van der Waals surface area contributed by atoms with Crippen LogP contribution in [0.25, 0.3) is 0 Å². The monoisotopic (exact) mass is 452 g/mol. The first-order chi connectivity index (χ1) is 16.0. The Balaban J connectivity index is 1.48. The molecule has 1 aliphatic heterocycles. The third-order valence-corrected chi connectivity index (χ3v) is 6.02. The standard InChI is InChI=1S/C26H33N3O4/c1-3-4-5-6-7-8-9-10-11-18-33-22-15-12-20(13-16-22)25-27-24-19-21(29(31)32)14-17-23(24)26(30)28(25)2/h12-17,19,25H,2-11,18H2,1H3/p+1. The summed E-state index contributed by atoms with van der Waals surface area (Å²) >= 11 is 0. The van der Waals surface area contributed by atoms with Gasteiger partial charge in [0.1, 0.15) is 18.0 Å². The predicted molar refractivity (Wildman–Crippen MR) is 130 cm³/mol. The van der Waals surface area contributed by atoms with Crippen LogP contribution in [0.5, 0.6) is 5.75 Å². The van der Waals surface area contributed by atoms with Gasteiger partial charge in [-0.1, -0.05) is 58.3 Å². The molecule has 7 heteroatoms. The number of nitrogens with zero attached hydrogens (tertiary/aromatic N) is 2. The Hall–Kier alpha value is -3.22. The number of rotatable bonds is 13. The van der Waals surface area contributed by atoms with Gasteiger partial charge in [-0.2, -0.15) is 0 Å². The van der Waals surface area contributed by atoms with E-state index >= 15 is 0 Å². The van der Waals surface area contributed by atoms with Gasteiger partial charge in [0.2, 0.25) is 0 Å². The molecule has 1 atom stereocenters. The fourth-order valence-electron chi connectivity index (χ4n) is 4.06. The average molecular weight is 453 g/mol. The van der Waals surface area contributed by atoms with E-state index in [4.69, 9.17) is 4.74 Å². The van der Waals surface area contributed by atoms with Crippen LogP contribution < -0.4 is 10.1 Å². The number of benzene rings is 2. The molecule has 0 radical (unpaired) electrons. The molecular weight excluding hydrogens is 418 g/mol. The van der Waals surface area contributed by atoms with Gasteiger partial charge in [-0.3, -0.25) is 10.1 Å². The summed E-state index contributed by atoms with van der Waals surface area (Å²) in [7, 11) is 0. The van der Waals surface area contributed by atoms with E-state index in [9.17, 15) is 14.9 Å². The van der Waals surface area contributed by atoms with Crippen molar-refractivity contribution >= 4 is 24.0 Å². The molecule has 0 bridgehead atoms. The molecule has 1 unspecified atom stereocenters. The second kappa shape index (κ2) is 12.1. The lowest BCUT2D eigenvalue weighted by Gasteiger charge is -2.22. The number of nitro benzene ring substituents is 1. The highest BCUT2D eigenvalue weighted by Crippen LogP contribution is 2.33. The maximum atomic E-state index is 12.7. The number of ether oxygens (including phenoxy) is 1. The SMILES string of the molecule is C=[N+]1C(=O)c2ccc([N+](=O)[O-])cc2NC1c1ccc(OCCCCCCCCCCC)cc1. The number of amides is 1.